The van der Waals surface area contributed by atoms with E-state index in [2.05, 4.69) is 36.9 Å². The van der Waals surface area contributed by atoms with Crippen LogP contribution in [0.3, 0.4) is 0 Å². The van der Waals surface area contributed by atoms with Gasteiger partial charge in [0.1, 0.15) is 23.6 Å². The van der Waals surface area contributed by atoms with Crippen LogP contribution >= 0.6 is 0 Å². The molecule has 1 saturated heterocycles. The van der Waals surface area contributed by atoms with Crippen molar-refractivity contribution in [2.45, 2.75) is 51.5 Å². The Balaban J connectivity index is 1.21. The van der Waals surface area contributed by atoms with E-state index in [4.69, 9.17) is 4.98 Å². The van der Waals surface area contributed by atoms with Crippen LogP contribution < -0.4 is 4.90 Å². The highest BCUT2D eigenvalue weighted by Gasteiger charge is 2.36. The highest BCUT2D eigenvalue weighted by Crippen LogP contribution is 2.39. The number of piperidine rings is 1. The van der Waals surface area contributed by atoms with E-state index in [1.807, 2.05) is 13.0 Å². The molecule has 40 heavy (non-hydrogen) atoms. The Hall–Kier alpha value is -4.22. The van der Waals surface area contributed by atoms with Gasteiger partial charge in [0.05, 0.1) is 34.2 Å². The first-order valence-corrected chi connectivity index (χ1v) is 13.0. The van der Waals surface area contributed by atoms with Crippen LogP contribution in [0.1, 0.15) is 50.1 Å². The van der Waals surface area contributed by atoms with Gasteiger partial charge in [-0.3, -0.25) is 0 Å². The summed E-state index contributed by atoms with van der Waals surface area (Å²) in [5.41, 5.74) is 3.48. The molecule has 1 fully saturated rings. The minimum Gasteiger partial charge on any atom is -0.356 e. The van der Waals surface area contributed by atoms with Crippen LogP contribution in [0.4, 0.5) is 23.4 Å². The van der Waals surface area contributed by atoms with Crippen LogP contribution in [-0.2, 0) is 11.6 Å². The molecule has 6 rings (SSSR count). The van der Waals surface area contributed by atoms with Gasteiger partial charge in [-0.15, -0.1) is 0 Å². The van der Waals surface area contributed by atoms with E-state index in [9.17, 15) is 17.6 Å². The van der Waals surface area contributed by atoms with E-state index < -0.39 is 18.0 Å². The number of rotatable bonds is 5. The molecule has 1 aliphatic rings. The van der Waals surface area contributed by atoms with Crippen molar-refractivity contribution in [2.24, 2.45) is 0 Å². The lowest BCUT2D eigenvalue weighted by Crippen LogP contribution is -2.42. The van der Waals surface area contributed by atoms with Gasteiger partial charge in [-0.1, -0.05) is 19.1 Å². The molecule has 8 nitrogen and oxygen atoms in total. The number of halogens is 4. The lowest BCUT2D eigenvalue weighted by atomic mass is 9.79. The minimum atomic E-state index is -4.37. The average molecular weight is 553 g/mol. The van der Waals surface area contributed by atoms with Gasteiger partial charge in [-0.25, -0.2) is 24.0 Å². The second-order valence-electron chi connectivity index (χ2n) is 10.6. The predicted molar refractivity (Wildman–Crippen MR) is 143 cm³/mol. The summed E-state index contributed by atoms with van der Waals surface area (Å²) in [5, 5.41) is 4.96. The SMILES string of the molecule is Cc1nc(C2(C)CCN(c3ncnc4[nH]c(-c5cnn(C(C)F)c5)cc34)CC2)[nH]c1-c1ccc(C(F)(F)F)cc1. The fraction of sp³-hybridized carbons (Fsp3) is 0.357. The molecule has 0 saturated carbocycles. The first-order valence-electron chi connectivity index (χ1n) is 13.0. The third-order valence-electron chi connectivity index (χ3n) is 7.81. The molecular weight excluding hydrogens is 524 g/mol. The van der Waals surface area contributed by atoms with Gasteiger partial charge in [-0.05, 0) is 50.5 Å². The van der Waals surface area contributed by atoms with E-state index in [1.165, 1.54) is 30.1 Å². The maximum absolute atomic E-state index is 13.6. The first kappa shape index (κ1) is 26.0. The minimum absolute atomic E-state index is 0.238. The zero-order valence-corrected chi connectivity index (χ0v) is 22.2. The van der Waals surface area contributed by atoms with E-state index >= 15 is 0 Å². The Bertz CT molecular complexity index is 1650. The highest BCUT2D eigenvalue weighted by molar-refractivity contribution is 5.91. The van der Waals surface area contributed by atoms with Crippen LogP contribution in [0.5, 0.6) is 0 Å². The molecular formula is C28H28F4N8. The number of hydrogen-bond acceptors (Lipinski definition) is 5. The van der Waals surface area contributed by atoms with E-state index in [0.717, 1.165) is 77.7 Å². The van der Waals surface area contributed by atoms with Crippen molar-refractivity contribution < 1.29 is 17.6 Å². The Morgan fingerprint density at radius 3 is 2.40 bits per heavy atom. The van der Waals surface area contributed by atoms with Crippen molar-refractivity contribution in [3.63, 3.8) is 0 Å². The van der Waals surface area contributed by atoms with Gasteiger partial charge < -0.3 is 14.9 Å². The lowest BCUT2D eigenvalue weighted by Gasteiger charge is -2.38. The fourth-order valence-corrected chi connectivity index (χ4v) is 5.31. The summed E-state index contributed by atoms with van der Waals surface area (Å²) in [7, 11) is 0. The number of aromatic amines is 2. The Morgan fingerprint density at radius 1 is 1.02 bits per heavy atom. The maximum Gasteiger partial charge on any atom is 0.416 e. The van der Waals surface area contributed by atoms with E-state index in [1.54, 1.807) is 12.4 Å². The Morgan fingerprint density at radius 2 is 1.75 bits per heavy atom. The normalized spacial score (nSPS) is 16.5. The van der Waals surface area contributed by atoms with Crippen molar-refractivity contribution in [2.75, 3.05) is 18.0 Å². The Labute approximate surface area is 227 Å². The summed E-state index contributed by atoms with van der Waals surface area (Å²) in [6.07, 6.45) is 0.810. The van der Waals surface area contributed by atoms with Gasteiger partial charge in [-0.2, -0.15) is 18.3 Å². The van der Waals surface area contributed by atoms with Gasteiger partial charge in [0.25, 0.3) is 0 Å². The molecule has 0 spiro atoms. The molecule has 0 aliphatic carbocycles. The number of hydrogen-bond donors (Lipinski definition) is 2. The van der Waals surface area contributed by atoms with Crippen molar-refractivity contribution >= 4 is 16.9 Å². The Kier molecular flexibility index (Phi) is 6.15. The van der Waals surface area contributed by atoms with E-state index in [0.29, 0.717) is 11.2 Å². The summed E-state index contributed by atoms with van der Waals surface area (Å²) in [4.78, 5) is 22.7. The molecule has 0 radical (unpaired) electrons. The largest absolute Gasteiger partial charge is 0.416 e. The number of fused-ring (bicyclic) bond motifs is 1. The number of benzene rings is 1. The van der Waals surface area contributed by atoms with Crippen molar-refractivity contribution in [3.8, 4) is 22.5 Å². The highest BCUT2D eigenvalue weighted by atomic mass is 19.4. The third-order valence-corrected chi connectivity index (χ3v) is 7.81. The van der Waals surface area contributed by atoms with Crippen LogP contribution in [0.2, 0.25) is 0 Å². The molecule has 4 aromatic heterocycles. The number of nitrogens with one attached hydrogen (secondary N) is 2. The molecule has 2 N–H and O–H groups in total. The van der Waals surface area contributed by atoms with Crippen molar-refractivity contribution in [1.82, 2.24) is 34.7 Å². The van der Waals surface area contributed by atoms with Crippen LogP contribution in [0.25, 0.3) is 33.5 Å². The van der Waals surface area contributed by atoms with Gasteiger partial charge in [0.15, 0.2) is 6.30 Å². The van der Waals surface area contributed by atoms with Crippen molar-refractivity contribution in [3.05, 3.63) is 66.1 Å². The summed E-state index contributed by atoms with van der Waals surface area (Å²) < 4.78 is 53.9. The smallest absolute Gasteiger partial charge is 0.356 e. The fourth-order valence-electron chi connectivity index (χ4n) is 5.31. The molecule has 0 bridgehead atoms. The molecule has 1 unspecified atom stereocenters. The van der Waals surface area contributed by atoms with Crippen LogP contribution in [0.15, 0.2) is 49.1 Å². The summed E-state index contributed by atoms with van der Waals surface area (Å²) in [6, 6.07) is 7.12. The molecule has 1 aliphatic heterocycles. The summed E-state index contributed by atoms with van der Waals surface area (Å²) >= 11 is 0. The summed E-state index contributed by atoms with van der Waals surface area (Å²) in [6.45, 7) is 6.91. The number of nitrogens with zero attached hydrogens (tertiary/aromatic N) is 6. The average Bonchev–Trinajstić information content (AvgIpc) is 3.67. The number of alkyl halides is 4. The van der Waals surface area contributed by atoms with Crippen LogP contribution in [0, 0.1) is 6.92 Å². The van der Waals surface area contributed by atoms with Crippen molar-refractivity contribution in [1.29, 1.82) is 0 Å². The third kappa shape index (κ3) is 4.61. The standard InChI is InChI=1S/C28H28F4N8/c1-16-23(18-4-6-20(7-5-18)28(30,31)32)38-26(36-16)27(3)8-10-39(11-9-27)25-21-12-22(37-24(21)33-15-34-25)19-13-35-40(14-19)17(2)29/h4-7,12-15,17H,8-11H2,1-3H3,(H,36,38)(H,33,34,37). The molecule has 1 atom stereocenters. The zero-order valence-electron chi connectivity index (χ0n) is 22.2. The second kappa shape index (κ2) is 9.46. The number of aryl methyl sites for hydroxylation is 1. The number of H-pyrrole nitrogens is 2. The second-order valence-corrected chi connectivity index (χ2v) is 10.6. The van der Waals surface area contributed by atoms with E-state index in [-0.39, 0.29) is 5.41 Å². The molecule has 12 heteroatoms. The monoisotopic (exact) mass is 552 g/mol. The number of imidazole rings is 1. The molecule has 5 aromatic rings. The van der Waals surface area contributed by atoms with Gasteiger partial charge in [0.2, 0.25) is 0 Å². The van der Waals surface area contributed by atoms with Gasteiger partial charge in [0, 0.05) is 30.3 Å². The lowest BCUT2D eigenvalue weighted by molar-refractivity contribution is -0.137. The molecule has 208 valence electrons. The quantitative estimate of drug-likeness (QED) is 0.240. The first-order chi connectivity index (χ1) is 19.0. The molecule has 0 amide bonds. The number of aromatic nitrogens is 7. The molecule has 1 aromatic carbocycles. The van der Waals surface area contributed by atoms with Crippen LogP contribution in [-0.4, -0.2) is 47.8 Å². The maximum atomic E-state index is 13.6. The topological polar surface area (TPSA) is 91.3 Å². The van der Waals surface area contributed by atoms with Gasteiger partial charge >= 0.3 is 6.18 Å². The summed E-state index contributed by atoms with van der Waals surface area (Å²) in [5.74, 6) is 1.65. The number of anilines is 1. The predicted octanol–water partition coefficient (Wildman–Crippen LogP) is 6.58. The molecule has 5 heterocycles. The zero-order chi connectivity index (χ0) is 28.2.